The Morgan fingerprint density at radius 3 is 2.90 bits per heavy atom. The summed E-state index contributed by atoms with van der Waals surface area (Å²) in [5.74, 6) is 0.847. The molecule has 0 aromatic heterocycles. The van der Waals surface area contributed by atoms with Gasteiger partial charge in [0.2, 0.25) is 0 Å². The second-order valence-electron chi connectivity index (χ2n) is 5.75. The van der Waals surface area contributed by atoms with Crippen LogP contribution in [0, 0.1) is 12.8 Å². The van der Waals surface area contributed by atoms with Crippen molar-refractivity contribution in [2.75, 3.05) is 25.0 Å². The van der Waals surface area contributed by atoms with Gasteiger partial charge in [0.25, 0.3) is 5.91 Å². The van der Waals surface area contributed by atoms with Crippen molar-refractivity contribution in [2.45, 2.75) is 40.0 Å². The highest BCUT2D eigenvalue weighted by molar-refractivity contribution is 5.99. The zero-order valence-electron chi connectivity index (χ0n) is 12.9. The van der Waals surface area contributed by atoms with Crippen LogP contribution in [0.1, 0.15) is 49.0 Å². The molecule has 3 nitrogen and oxygen atoms in total. The molecular weight excluding hydrogens is 248 g/mol. The average molecular weight is 274 g/mol. The molecule has 1 aromatic rings. The monoisotopic (exact) mass is 274 g/mol. The summed E-state index contributed by atoms with van der Waals surface area (Å²) in [5, 5.41) is 3.31. The lowest BCUT2D eigenvalue weighted by Crippen LogP contribution is -2.40. The van der Waals surface area contributed by atoms with Crippen LogP contribution in [0.5, 0.6) is 0 Å². The van der Waals surface area contributed by atoms with Crippen molar-refractivity contribution in [2.24, 2.45) is 5.92 Å². The third-order valence-corrected chi connectivity index (χ3v) is 4.16. The van der Waals surface area contributed by atoms with E-state index in [1.165, 1.54) is 12.0 Å². The lowest BCUT2D eigenvalue weighted by molar-refractivity contribution is 0.0672. The summed E-state index contributed by atoms with van der Waals surface area (Å²) in [4.78, 5) is 14.8. The Balaban J connectivity index is 2.19. The fourth-order valence-corrected chi connectivity index (χ4v) is 2.93. The molecule has 1 unspecified atom stereocenters. The number of aryl methyl sites for hydroxylation is 1. The van der Waals surface area contributed by atoms with Gasteiger partial charge in [0, 0.05) is 25.3 Å². The van der Waals surface area contributed by atoms with E-state index < -0.39 is 0 Å². The van der Waals surface area contributed by atoms with E-state index in [1.807, 2.05) is 17.0 Å². The van der Waals surface area contributed by atoms with E-state index in [0.29, 0.717) is 5.92 Å². The maximum absolute atomic E-state index is 12.8. The van der Waals surface area contributed by atoms with E-state index in [9.17, 15) is 4.79 Å². The van der Waals surface area contributed by atoms with Crippen molar-refractivity contribution in [1.29, 1.82) is 0 Å². The van der Waals surface area contributed by atoms with Gasteiger partial charge in [0.05, 0.1) is 5.56 Å². The summed E-state index contributed by atoms with van der Waals surface area (Å²) >= 11 is 0. The molecule has 1 heterocycles. The maximum atomic E-state index is 12.8. The van der Waals surface area contributed by atoms with Crippen molar-refractivity contribution in [3.05, 3.63) is 29.3 Å². The van der Waals surface area contributed by atoms with Gasteiger partial charge in [0.1, 0.15) is 0 Å². The summed E-state index contributed by atoms with van der Waals surface area (Å²) in [6.07, 6.45) is 3.55. The molecule has 0 saturated carbocycles. The van der Waals surface area contributed by atoms with Crippen LogP contribution in [0.3, 0.4) is 0 Å². The van der Waals surface area contributed by atoms with Crippen molar-refractivity contribution in [3.63, 3.8) is 0 Å². The number of anilines is 1. The third-order valence-electron chi connectivity index (χ3n) is 4.16. The number of benzene rings is 1. The fraction of sp³-hybridized carbons (Fsp3) is 0.588. The minimum absolute atomic E-state index is 0.180. The van der Waals surface area contributed by atoms with E-state index in [4.69, 9.17) is 0 Å². The van der Waals surface area contributed by atoms with E-state index in [1.54, 1.807) is 0 Å². The molecular formula is C17H26N2O. The number of rotatable bonds is 4. The molecule has 1 N–H and O–H groups in total. The topological polar surface area (TPSA) is 32.3 Å². The molecule has 1 amide bonds. The first-order valence-electron chi connectivity index (χ1n) is 7.79. The van der Waals surface area contributed by atoms with Crippen LogP contribution in [0.25, 0.3) is 0 Å². The quantitative estimate of drug-likeness (QED) is 0.908. The standard InChI is InChI=1S/C17H26N2O/c1-4-14-7-6-10-19(12-14)17(20)15-9-8-13(3)11-16(15)18-5-2/h8-9,11,14,18H,4-7,10,12H2,1-3H3. The Labute approximate surface area is 122 Å². The molecule has 20 heavy (non-hydrogen) atoms. The van der Waals surface area contributed by atoms with Gasteiger partial charge in [-0.25, -0.2) is 0 Å². The van der Waals surface area contributed by atoms with Gasteiger partial charge in [-0.15, -0.1) is 0 Å². The Kier molecular flexibility index (Phi) is 5.05. The van der Waals surface area contributed by atoms with E-state index in [2.05, 4.69) is 32.2 Å². The highest BCUT2D eigenvalue weighted by Crippen LogP contribution is 2.24. The highest BCUT2D eigenvalue weighted by Gasteiger charge is 2.24. The Bertz CT molecular complexity index is 470. The Morgan fingerprint density at radius 2 is 2.20 bits per heavy atom. The van der Waals surface area contributed by atoms with E-state index in [0.717, 1.165) is 43.7 Å². The first kappa shape index (κ1) is 14.9. The zero-order valence-corrected chi connectivity index (χ0v) is 12.9. The van der Waals surface area contributed by atoms with Gasteiger partial charge in [-0.05, 0) is 50.3 Å². The molecule has 110 valence electrons. The zero-order chi connectivity index (χ0) is 14.5. The van der Waals surface area contributed by atoms with Crippen LogP contribution < -0.4 is 5.32 Å². The lowest BCUT2D eigenvalue weighted by Gasteiger charge is -2.32. The maximum Gasteiger partial charge on any atom is 0.255 e. The number of piperidine rings is 1. The summed E-state index contributed by atoms with van der Waals surface area (Å²) in [5.41, 5.74) is 2.97. The molecule has 1 aliphatic rings. The van der Waals surface area contributed by atoms with Gasteiger partial charge in [-0.3, -0.25) is 4.79 Å². The largest absolute Gasteiger partial charge is 0.385 e. The number of amides is 1. The van der Waals surface area contributed by atoms with Gasteiger partial charge in [-0.2, -0.15) is 0 Å². The van der Waals surface area contributed by atoms with Gasteiger partial charge in [0.15, 0.2) is 0 Å². The molecule has 0 bridgehead atoms. The molecule has 1 aliphatic heterocycles. The Hall–Kier alpha value is -1.51. The van der Waals surface area contributed by atoms with Gasteiger partial charge >= 0.3 is 0 Å². The summed E-state index contributed by atoms with van der Waals surface area (Å²) in [6.45, 7) is 8.98. The third kappa shape index (κ3) is 3.33. The van der Waals surface area contributed by atoms with Crippen LogP contribution in [-0.2, 0) is 0 Å². The van der Waals surface area contributed by atoms with Crippen LogP contribution in [0.2, 0.25) is 0 Å². The lowest BCUT2D eigenvalue weighted by atomic mass is 9.95. The van der Waals surface area contributed by atoms with Crippen LogP contribution >= 0.6 is 0 Å². The molecule has 2 rings (SSSR count). The average Bonchev–Trinajstić information content (AvgIpc) is 2.47. The number of likely N-dealkylation sites (tertiary alicyclic amines) is 1. The summed E-state index contributed by atoms with van der Waals surface area (Å²) in [6, 6.07) is 6.05. The number of hydrogen-bond acceptors (Lipinski definition) is 2. The van der Waals surface area contributed by atoms with E-state index >= 15 is 0 Å². The molecule has 1 aromatic carbocycles. The molecule has 0 aliphatic carbocycles. The van der Waals surface area contributed by atoms with E-state index in [-0.39, 0.29) is 5.91 Å². The summed E-state index contributed by atoms with van der Waals surface area (Å²) in [7, 11) is 0. The Morgan fingerprint density at radius 1 is 1.40 bits per heavy atom. The van der Waals surface area contributed by atoms with Crippen LogP contribution in [0.15, 0.2) is 18.2 Å². The number of hydrogen-bond donors (Lipinski definition) is 1. The molecule has 1 saturated heterocycles. The van der Waals surface area contributed by atoms with Crippen LogP contribution in [0.4, 0.5) is 5.69 Å². The minimum atomic E-state index is 0.180. The summed E-state index contributed by atoms with van der Waals surface area (Å²) < 4.78 is 0. The molecule has 0 spiro atoms. The van der Waals surface area contributed by atoms with Gasteiger partial charge < -0.3 is 10.2 Å². The SMILES string of the molecule is CCNc1cc(C)ccc1C(=O)N1CCCC(CC)C1. The minimum Gasteiger partial charge on any atom is -0.385 e. The van der Waals surface area contributed by atoms with Gasteiger partial charge in [-0.1, -0.05) is 19.4 Å². The predicted molar refractivity (Wildman–Crippen MR) is 84.3 cm³/mol. The van der Waals surface area contributed by atoms with Crippen molar-refractivity contribution < 1.29 is 4.79 Å². The number of nitrogens with zero attached hydrogens (tertiary/aromatic N) is 1. The second-order valence-corrected chi connectivity index (χ2v) is 5.75. The highest BCUT2D eigenvalue weighted by atomic mass is 16.2. The molecule has 1 atom stereocenters. The number of carbonyl (C=O) groups is 1. The predicted octanol–water partition coefficient (Wildman–Crippen LogP) is 3.69. The first-order chi connectivity index (χ1) is 9.65. The second kappa shape index (κ2) is 6.78. The van der Waals surface area contributed by atoms with Crippen molar-refractivity contribution >= 4 is 11.6 Å². The molecule has 3 heteroatoms. The smallest absolute Gasteiger partial charge is 0.255 e. The van der Waals surface area contributed by atoms with Crippen LogP contribution in [-0.4, -0.2) is 30.4 Å². The van der Waals surface area contributed by atoms with Crippen molar-refractivity contribution in [1.82, 2.24) is 4.90 Å². The molecule has 0 radical (unpaired) electrons. The number of nitrogens with one attached hydrogen (secondary N) is 1. The first-order valence-corrected chi connectivity index (χ1v) is 7.79. The number of carbonyl (C=O) groups excluding carboxylic acids is 1. The fourth-order valence-electron chi connectivity index (χ4n) is 2.93. The molecule has 1 fully saturated rings. The normalized spacial score (nSPS) is 18.9. The van der Waals surface area contributed by atoms with Crippen molar-refractivity contribution in [3.8, 4) is 0 Å².